The number of phenols is 1. The van der Waals surface area contributed by atoms with Gasteiger partial charge >= 0.3 is 5.97 Å². The average molecular weight is 321 g/mol. The molecule has 0 radical (unpaired) electrons. The van der Waals surface area contributed by atoms with Crippen molar-refractivity contribution < 1.29 is 19.4 Å². The van der Waals surface area contributed by atoms with E-state index < -0.39 is 0 Å². The van der Waals surface area contributed by atoms with Crippen molar-refractivity contribution in [1.82, 2.24) is 4.90 Å². The third-order valence-corrected chi connectivity index (χ3v) is 4.57. The first-order chi connectivity index (χ1) is 10.7. The van der Waals surface area contributed by atoms with Gasteiger partial charge in [-0.3, -0.25) is 9.69 Å². The third-order valence-electron chi connectivity index (χ3n) is 4.57. The van der Waals surface area contributed by atoms with E-state index in [9.17, 15) is 9.90 Å². The number of nitrogens with zero attached hydrogens (tertiary/aromatic N) is 1. The SMILES string of the molecule is Cc1cc(CCC(=O)OCC2OCC(C)(C)N2C)cc(C)c1O. The van der Waals surface area contributed by atoms with Crippen molar-refractivity contribution in [3.05, 3.63) is 28.8 Å². The van der Waals surface area contributed by atoms with Crippen molar-refractivity contribution in [2.24, 2.45) is 0 Å². The van der Waals surface area contributed by atoms with Crippen molar-refractivity contribution >= 4 is 5.97 Å². The van der Waals surface area contributed by atoms with Gasteiger partial charge in [-0.15, -0.1) is 0 Å². The molecule has 1 aromatic carbocycles. The van der Waals surface area contributed by atoms with Crippen LogP contribution in [-0.2, 0) is 20.7 Å². The normalized spacial score (nSPS) is 20.7. The fourth-order valence-electron chi connectivity index (χ4n) is 2.74. The van der Waals surface area contributed by atoms with Gasteiger partial charge in [0.25, 0.3) is 0 Å². The Morgan fingerprint density at radius 1 is 1.39 bits per heavy atom. The molecule has 5 nitrogen and oxygen atoms in total. The third kappa shape index (κ3) is 4.24. The lowest BCUT2D eigenvalue weighted by atomic mass is 10.0. The molecule has 1 aliphatic rings. The number of phenolic OH excluding ortho intramolecular Hbond substituents is 1. The van der Waals surface area contributed by atoms with Crippen molar-refractivity contribution in [2.75, 3.05) is 20.3 Å². The van der Waals surface area contributed by atoms with E-state index in [1.54, 1.807) is 0 Å². The molecule has 2 rings (SSSR count). The van der Waals surface area contributed by atoms with Crippen molar-refractivity contribution in [3.63, 3.8) is 0 Å². The van der Waals surface area contributed by atoms with E-state index in [0.717, 1.165) is 16.7 Å². The Morgan fingerprint density at radius 3 is 2.52 bits per heavy atom. The summed E-state index contributed by atoms with van der Waals surface area (Å²) in [7, 11) is 1.98. The maximum Gasteiger partial charge on any atom is 0.306 e. The molecule has 1 aromatic rings. The Balaban J connectivity index is 1.80. The maximum absolute atomic E-state index is 11.9. The lowest BCUT2D eigenvalue weighted by molar-refractivity contribution is -0.149. The summed E-state index contributed by atoms with van der Waals surface area (Å²) in [4.78, 5) is 14.0. The second kappa shape index (κ2) is 6.89. The monoisotopic (exact) mass is 321 g/mol. The second-order valence-electron chi connectivity index (χ2n) is 6.95. The highest BCUT2D eigenvalue weighted by molar-refractivity contribution is 5.69. The van der Waals surface area contributed by atoms with Crippen LogP contribution in [0, 0.1) is 13.8 Å². The molecule has 1 unspecified atom stereocenters. The summed E-state index contributed by atoms with van der Waals surface area (Å²) in [6.45, 7) is 8.82. The zero-order valence-electron chi connectivity index (χ0n) is 14.7. The van der Waals surface area contributed by atoms with Crippen LogP contribution < -0.4 is 0 Å². The highest BCUT2D eigenvalue weighted by Crippen LogP contribution is 2.25. The Morgan fingerprint density at radius 2 is 2.00 bits per heavy atom. The molecular formula is C18H27NO4. The van der Waals surface area contributed by atoms with Gasteiger partial charge in [0, 0.05) is 12.0 Å². The molecule has 0 aromatic heterocycles. The van der Waals surface area contributed by atoms with Crippen molar-refractivity contribution in [3.8, 4) is 5.75 Å². The summed E-state index contributed by atoms with van der Waals surface area (Å²) in [5.41, 5.74) is 2.66. The van der Waals surface area contributed by atoms with Crippen molar-refractivity contribution in [1.29, 1.82) is 0 Å². The van der Waals surface area contributed by atoms with E-state index in [-0.39, 0.29) is 24.3 Å². The highest BCUT2D eigenvalue weighted by atomic mass is 16.6. The predicted octanol–water partition coefficient (Wildman–Crippen LogP) is 2.55. The molecule has 0 bridgehead atoms. The molecule has 0 aliphatic carbocycles. The highest BCUT2D eigenvalue weighted by Gasteiger charge is 2.38. The van der Waals surface area contributed by atoms with Crippen LogP contribution in [-0.4, -0.2) is 48.0 Å². The summed E-state index contributed by atoms with van der Waals surface area (Å²) < 4.78 is 11.0. The molecule has 0 amide bonds. The minimum Gasteiger partial charge on any atom is -0.507 e. The van der Waals surface area contributed by atoms with Crippen LogP contribution in [0.25, 0.3) is 0 Å². The zero-order valence-corrected chi connectivity index (χ0v) is 14.7. The zero-order chi connectivity index (χ0) is 17.2. The summed E-state index contributed by atoms with van der Waals surface area (Å²) in [6, 6.07) is 3.82. The molecular weight excluding hydrogens is 294 g/mol. The largest absolute Gasteiger partial charge is 0.507 e. The molecule has 1 N–H and O–H groups in total. The lowest BCUT2D eigenvalue weighted by Crippen LogP contribution is -2.42. The van der Waals surface area contributed by atoms with Gasteiger partial charge in [0.15, 0.2) is 0 Å². The van der Waals surface area contributed by atoms with Crippen LogP contribution in [0.5, 0.6) is 5.75 Å². The van der Waals surface area contributed by atoms with Crippen LogP contribution in [0.3, 0.4) is 0 Å². The number of rotatable bonds is 5. The van der Waals surface area contributed by atoms with E-state index >= 15 is 0 Å². The molecule has 0 spiro atoms. The van der Waals surface area contributed by atoms with E-state index in [1.165, 1.54) is 0 Å². The second-order valence-corrected chi connectivity index (χ2v) is 6.95. The summed E-state index contributed by atoms with van der Waals surface area (Å²) >= 11 is 0. The van der Waals surface area contributed by atoms with Crippen LogP contribution in [0.2, 0.25) is 0 Å². The van der Waals surface area contributed by atoms with Crippen LogP contribution in [0.15, 0.2) is 12.1 Å². The van der Waals surface area contributed by atoms with Crippen LogP contribution in [0.1, 0.15) is 37.0 Å². The van der Waals surface area contributed by atoms with Crippen LogP contribution in [0.4, 0.5) is 0 Å². The van der Waals surface area contributed by atoms with E-state index in [4.69, 9.17) is 9.47 Å². The van der Waals surface area contributed by atoms with Gasteiger partial charge in [0.1, 0.15) is 18.6 Å². The number of aromatic hydroxyl groups is 1. The standard InChI is InChI=1S/C18H27NO4/c1-12-8-14(9-13(2)17(12)21)6-7-16(20)22-10-15-19(5)18(3,4)11-23-15/h8-9,15,21H,6-7,10-11H2,1-5H3. The van der Waals surface area contributed by atoms with E-state index in [2.05, 4.69) is 18.7 Å². The molecule has 1 aliphatic heterocycles. The molecule has 5 heteroatoms. The molecule has 23 heavy (non-hydrogen) atoms. The summed E-state index contributed by atoms with van der Waals surface area (Å²) in [5.74, 6) is 0.0930. The quantitative estimate of drug-likeness (QED) is 0.845. The number of hydrogen-bond donors (Lipinski definition) is 1. The van der Waals surface area contributed by atoms with E-state index in [1.807, 2.05) is 33.0 Å². The molecule has 128 valence electrons. The minimum absolute atomic E-state index is 0.0296. The van der Waals surface area contributed by atoms with Gasteiger partial charge in [-0.05, 0) is 57.9 Å². The number of benzene rings is 1. The number of likely N-dealkylation sites (N-methyl/N-ethyl adjacent to an activating group) is 1. The van der Waals surface area contributed by atoms with Crippen LogP contribution >= 0.6 is 0 Å². The molecule has 1 heterocycles. The average Bonchev–Trinajstić information content (AvgIpc) is 2.74. The maximum atomic E-state index is 11.9. The van der Waals surface area contributed by atoms with Gasteiger partial charge in [0.05, 0.1) is 6.61 Å². The Labute approximate surface area is 138 Å². The first-order valence-electron chi connectivity index (χ1n) is 8.00. The molecule has 1 saturated heterocycles. The van der Waals surface area contributed by atoms with Gasteiger partial charge in [-0.25, -0.2) is 0 Å². The molecule has 1 atom stereocenters. The topological polar surface area (TPSA) is 59.0 Å². The number of esters is 1. The number of ether oxygens (including phenoxy) is 2. The number of hydrogen-bond acceptors (Lipinski definition) is 5. The predicted molar refractivity (Wildman–Crippen MR) is 88.4 cm³/mol. The lowest BCUT2D eigenvalue weighted by Gasteiger charge is -2.28. The molecule has 0 saturated carbocycles. The van der Waals surface area contributed by atoms with Crippen molar-refractivity contribution in [2.45, 2.75) is 52.3 Å². The van der Waals surface area contributed by atoms with Gasteiger partial charge < -0.3 is 14.6 Å². The molecule has 1 fully saturated rings. The van der Waals surface area contributed by atoms with E-state index in [0.29, 0.717) is 25.2 Å². The Hall–Kier alpha value is -1.59. The fraction of sp³-hybridized carbons (Fsp3) is 0.611. The minimum atomic E-state index is -0.227. The first-order valence-corrected chi connectivity index (χ1v) is 8.00. The van der Waals surface area contributed by atoms with Gasteiger partial charge in [0.2, 0.25) is 0 Å². The number of aryl methyl sites for hydroxylation is 3. The number of carbonyl (C=O) groups is 1. The summed E-state index contributed by atoms with van der Waals surface area (Å²) in [6.07, 6.45) is 0.754. The Bertz CT molecular complexity index is 559. The number of carbonyl (C=O) groups excluding carboxylic acids is 1. The van der Waals surface area contributed by atoms with Gasteiger partial charge in [-0.1, -0.05) is 12.1 Å². The fourth-order valence-corrected chi connectivity index (χ4v) is 2.74. The smallest absolute Gasteiger partial charge is 0.306 e. The summed E-state index contributed by atoms with van der Waals surface area (Å²) in [5, 5.41) is 9.77. The Kier molecular flexibility index (Phi) is 5.32. The van der Waals surface area contributed by atoms with Gasteiger partial charge in [-0.2, -0.15) is 0 Å². The first kappa shape index (κ1) is 17.8.